The molecular formula is C23H27N3O4S2. The number of piperidine rings is 1. The lowest BCUT2D eigenvalue weighted by atomic mass is 9.98. The molecule has 0 N–H and O–H groups in total. The van der Waals surface area contributed by atoms with Gasteiger partial charge in [-0.2, -0.15) is 0 Å². The number of aryl methyl sites for hydroxylation is 1. The van der Waals surface area contributed by atoms with Gasteiger partial charge in [0, 0.05) is 13.1 Å². The Morgan fingerprint density at radius 1 is 1.25 bits per heavy atom. The molecule has 0 aliphatic carbocycles. The molecule has 1 atom stereocenters. The Balaban J connectivity index is 1.73. The van der Waals surface area contributed by atoms with Crippen LogP contribution >= 0.6 is 11.3 Å². The molecule has 1 amide bonds. The summed E-state index contributed by atoms with van der Waals surface area (Å²) < 4.78 is 32.1. The minimum Gasteiger partial charge on any atom is -0.494 e. The second kappa shape index (κ2) is 9.17. The minimum atomic E-state index is -3.34. The Labute approximate surface area is 192 Å². The number of nitrogens with zero attached hydrogens (tertiary/aromatic N) is 3. The van der Waals surface area contributed by atoms with Crippen LogP contribution in [0, 0.1) is 12.8 Å². The van der Waals surface area contributed by atoms with Crippen molar-refractivity contribution in [3.05, 3.63) is 53.6 Å². The van der Waals surface area contributed by atoms with Gasteiger partial charge >= 0.3 is 0 Å². The number of aromatic nitrogens is 1. The van der Waals surface area contributed by atoms with Crippen molar-refractivity contribution in [2.45, 2.75) is 26.3 Å². The number of amides is 1. The summed E-state index contributed by atoms with van der Waals surface area (Å²) in [6, 6.07) is 13.6. The first-order valence-electron chi connectivity index (χ1n) is 10.5. The predicted octanol–water partition coefficient (Wildman–Crippen LogP) is 3.82. The van der Waals surface area contributed by atoms with Crippen LogP contribution in [0.1, 0.15) is 24.0 Å². The predicted molar refractivity (Wildman–Crippen MR) is 128 cm³/mol. The fourth-order valence-corrected chi connectivity index (χ4v) is 6.02. The van der Waals surface area contributed by atoms with Crippen LogP contribution < -0.4 is 9.64 Å². The zero-order valence-electron chi connectivity index (χ0n) is 18.4. The topological polar surface area (TPSA) is 79.8 Å². The molecule has 4 rings (SSSR count). The van der Waals surface area contributed by atoms with E-state index in [9.17, 15) is 13.2 Å². The molecule has 9 heteroatoms. The van der Waals surface area contributed by atoms with Crippen molar-refractivity contribution in [3.63, 3.8) is 0 Å². The van der Waals surface area contributed by atoms with Gasteiger partial charge in [-0.1, -0.05) is 47.7 Å². The molecular weight excluding hydrogens is 446 g/mol. The number of methoxy groups -OCH3 is 1. The monoisotopic (exact) mass is 473 g/mol. The number of thiazole rings is 1. The van der Waals surface area contributed by atoms with Crippen LogP contribution in [0.2, 0.25) is 0 Å². The second-order valence-electron chi connectivity index (χ2n) is 8.13. The van der Waals surface area contributed by atoms with Gasteiger partial charge in [0.25, 0.3) is 0 Å². The highest BCUT2D eigenvalue weighted by molar-refractivity contribution is 7.88. The molecule has 0 spiro atoms. The summed E-state index contributed by atoms with van der Waals surface area (Å²) in [4.78, 5) is 20.2. The second-order valence-corrected chi connectivity index (χ2v) is 11.1. The zero-order valence-corrected chi connectivity index (χ0v) is 20.1. The number of sulfonamides is 1. The number of rotatable bonds is 6. The van der Waals surface area contributed by atoms with Crippen LogP contribution in [0.4, 0.5) is 5.13 Å². The van der Waals surface area contributed by atoms with E-state index in [1.807, 2.05) is 49.4 Å². The Hall–Kier alpha value is -2.49. The van der Waals surface area contributed by atoms with Crippen molar-refractivity contribution in [2.75, 3.05) is 31.4 Å². The smallest absolute Gasteiger partial charge is 0.233 e. The summed E-state index contributed by atoms with van der Waals surface area (Å²) in [5.74, 6) is 0.163. The summed E-state index contributed by atoms with van der Waals surface area (Å²) >= 11 is 1.46. The highest BCUT2D eigenvalue weighted by atomic mass is 32.2. The van der Waals surface area contributed by atoms with Crippen molar-refractivity contribution in [3.8, 4) is 5.75 Å². The normalized spacial score (nSPS) is 17.4. The van der Waals surface area contributed by atoms with E-state index in [4.69, 9.17) is 9.72 Å². The third-order valence-electron chi connectivity index (χ3n) is 5.79. The molecule has 1 aliphatic heterocycles. The number of anilines is 1. The standard InChI is InChI=1S/C23H27N3O4S2/c1-16-11-12-19(30-2)20-21(16)31-23(24-20)26(14-17-8-5-4-6-9-17)22(27)18-10-7-13-25(15-18)32(3,28)29/h4-6,8-9,11-12,18H,7,10,13-15H2,1-3H3. The number of fused-ring (bicyclic) bond motifs is 1. The molecule has 0 bridgehead atoms. The maximum Gasteiger partial charge on any atom is 0.233 e. The van der Waals surface area contributed by atoms with E-state index >= 15 is 0 Å². The van der Waals surface area contributed by atoms with Gasteiger partial charge in [0.15, 0.2) is 5.13 Å². The fraction of sp³-hybridized carbons (Fsp3) is 0.391. The molecule has 1 unspecified atom stereocenters. The van der Waals surface area contributed by atoms with Gasteiger partial charge in [0.2, 0.25) is 15.9 Å². The maximum absolute atomic E-state index is 13.7. The average molecular weight is 474 g/mol. The molecule has 0 saturated carbocycles. The van der Waals surface area contributed by atoms with Gasteiger partial charge in [-0.25, -0.2) is 17.7 Å². The van der Waals surface area contributed by atoms with Crippen LogP contribution in [0.25, 0.3) is 10.2 Å². The quantitative estimate of drug-likeness (QED) is 0.544. The van der Waals surface area contributed by atoms with E-state index in [-0.39, 0.29) is 12.5 Å². The number of ether oxygens (including phenoxy) is 1. The third kappa shape index (κ3) is 4.65. The molecule has 1 saturated heterocycles. The largest absolute Gasteiger partial charge is 0.494 e. The van der Waals surface area contributed by atoms with E-state index in [1.54, 1.807) is 12.0 Å². The molecule has 170 valence electrons. The molecule has 0 radical (unpaired) electrons. The molecule has 7 nitrogen and oxygen atoms in total. The fourth-order valence-electron chi connectivity index (χ4n) is 4.05. The highest BCUT2D eigenvalue weighted by Crippen LogP contribution is 2.37. The Morgan fingerprint density at radius 3 is 2.69 bits per heavy atom. The third-order valence-corrected chi connectivity index (χ3v) is 8.28. The van der Waals surface area contributed by atoms with E-state index < -0.39 is 15.9 Å². The zero-order chi connectivity index (χ0) is 22.9. The van der Waals surface area contributed by atoms with Gasteiger partial charge in [0.05, 0.1) is 30.5 Å². The Kier molecular flexibility index (Phi) is 6.50. The molecule has 1 aliphatic rings. The lowest BCUT2D eigenvalue weighted by Crippen LogP contribution is -2.46. The Bertz CT molecular complexity index is 1220. The highest BCUT2D eigenvalue weighted by Gasteiger charge is 2.34. The first-order chi connectivity index (χ1) is 15.3. The number of benzene rings is 2. The summed E-state index contributed by atoms with van der Waals surface area (Å²) in [6.07, 6.45) is 2.52. The van der Waals surface area contributed by atoms with E-state index in [0.717, 1.165) is 21.3 Å². The van der Waals surface area contributed by atoms with Crippen LogP contribution in [0.5, 0.6) is 5.75 Å². The Morgan fingerprint density at radius 2 is 2.00 bits per heavy atom. The van der Waals surface area contributed by atoms with Gasteiger partial charge in [-0.15, -0.1) is 0 Å². The molecule has 1 aromatic heterocycles. The van der Waals surface area contributed by atoms with Crippen LogP contribution in [0.3, 0.4) is 0 Å². The van der Waals surface area contributed by atoms with Crippen LogP contribution in [-0.4, -0.2) is 50.1 Å². The summed E-state index contributed by atoms with van der Waals surface area (Å²) in [5, 5.41) is 0.595. The molecule has 1 fully saturated rings. The number of hydrogen-bond acceptors (Lipinski definition) is 6. The number of carbonyl (C=O) groups is 1. The SMILES string of the molecule is COc1ccc(C)c2sc(N(Cc3ccccc3)C(=O)C3CCCN(S(C)(=O)=O)C3)nc12. The van der Waals surface area contributed by atoms with Gasteiger partial charge in [-0.05, 0) is 37.0 Å². The first kappa shape index (κ1) is 22.7. The minimum absolute atomic E-state index is 0.0992. The molecule has 32 heavy (non-hydrogen) atoms. The van der Waals surface area contributed by atoms with Crippen molar-refractivity contribution >= 4 is 42.6 Å². The van der Waals surface area contributed by atoms with Crippen LogP contribution in [0.15, 0.2) is 42.5 Å². The van der Waals surface area contributed by atoms with E-state index in [1.165, 1.54) is 21.9 Å². The number of carbonyl (C=O) groups excluding carboxylic acids is 1. The molecule has 2 aromatic carbocycles. The number of hydrogen-bond donors (Lipinski definition) is 0. The van der Waals surface area contributed by atoms with Crippen molar-refractivity contribution < 1.29 is 17.9 Å². The van der Waals surface area contributed by atoms with Crippen molar-refractivity contribution in [1.29, 1.82) is 0 Å². The van der Waals surface area contributed by atoms with Gasteiger partial charge < -0.3 is 4.74 Å². The lowest BCUT2D eigenvalue weighted by Gasteiger charge is -2.33. The lowest BCUT2D eigenvalue weighted by molar-refractivity contribution is -0.123. The average Bonchev–Trinajstić information content (AvgIpc) is 3.24. The van der Waals surface area contributed by atoms with Gasteiger partial charge in [0.1, 0.15) is 11.3 Å². The summed E-state index contributed by atoms with van der Waals surface area (Å²) in [7, 11) is -1.73. The van der Waals surface area contributed by atoms with Crippen molar-refractivity contribution in [2.24, 2.45) is 5.92 Å². The van der Waals surface area contributed by atoms with E-state index in [0.29, 0.717) is 36.8 Å². The summed E-state index contributed by atoms with van der Waals surface area (Å²) in [5.41, 5.74) is 2.79. The van der Waals surface area contributed by atoms with Crippen LogP contribution in [-0.2, 0) is 21.4 Å². The molecule has 2 heterocycles. The van der Waals surface area contributed by atoms with Crippen molar-refractivity contribution in [1.82, 2.24) is 9.29 Å². The first-order valence-corrected chi connectivity index (χ1v) is 13.2. The van der Waals surface area contributed by atoms with Gasteiger partial charge in [-0.3, -0.25) is 9.69 Å². The van der Waals surface area contributed by atoms with E-state index in [2.05, 4.69) is 0 Å². The summed E-state index contributed by atoms with van der Waals surface area (Å²) in [6.45, 7) is 3.05. The molecule has 3 aromatic rings. The maximum atomic E-state index is 13.7.